The summed E-state index contributed by atoms with van der Waals surface area (Å²) in [4.78, 5) is 11.6. The van der Waals surface area contributed by atoms with Crippen LogP contribution in [-0.4, -0.2) is 20.5 Å². The molecule has 0 bridgehead atoms. The molecule has 0 saturated carbocycles. The van der Waals surface area contributed by atoms with Gasteiger partial charge >= 0.3 is 16.3 Å². The topological polar surface area (TPSA) is 84.8 Å². The van der Waals surface area contributed by atoms with E-state index >= 15 is 0 Å². The molecule has 3 aromatic carbocycles. The second-order valence-electron chi connectivity index (χ2n) is 6.82. The monoisotopic (exact) mass is 530 g/mol. The number of alkyl halides is 3. The summed E-state index contributed by atoms with van der Waals surface area (Å²) in [6.45, 7) is 0. The number of hydrogen-bond acceptors (Lipinski definition) is 5. The highest BCUT2D eigenvalue weighted by atomic mass is 35.5. The van der Waals surface area contributed by atoms with Crippen LogP contribution in [0.5, 0.6) is 5.75 Å². The van der Waals surface area contributed by atoms with Crippen molar-refractivity contribution in [2.24, 2.45) is 5.10 Å². The van der Waals surface area contributed by atoms with E-state index in [-0.39, 0.29) is 17.2 Å². The van der Waals surface area contributed by atoms with Crippen LogP contribution < -0.4 is 9.61 Å². The molecule has 0 aliphatic heterocycles. The lowest BCUT2D eigenvalue weighted by atomic mass is 10.1. The van der Waals surface area contributed by atoms with Gasteiger partial charge in [0.1, 0.15) is 10.6 Å². The first-order chi connectivity index (χ1) is 16.0. The van der Waals surface area contributed by atoms with Gasteiger partial charge in [0.25, 0.3) is 0 Å². The number of nitrogens with zero attached hydrogens (tertiary/aromatic N) is 1. The van der Waals surface area contributed by atoms with Crippen molar-refractivity contribution in [3.8, 4) is 5.75 Å². The smallest absolute Gasteiger partial charge is 0.379 e. The summed E-state index contributed by atoms with van der Waals surface area (Å²) in [7, 11) is -4.51. The van der Waals surface area contributed by atoms with Crippen molar-refractivity contribution in [2.75, 3.05) is 0 Å². The second kappa shape index (κ2) is 10.5. The molecular formula is C22H15Cl2F3N2O4S. The van der Waals surface area contributed by atoms with Crippen LogP contribution in [0.1, 0.15) is 16.7 Å². The van der Waals surface area contributed by atoms with E-state index in [0.29, 0.717) is 22.7 Å². The summed E-state index contributed by atoms with van der Waals surface area (Å²) < 4.78 is 70.0. The molecule has 0 heterocycles. The number of benzene rings is 3. The van der Waals surface area contributed by atoms with Crippen molar-refractivity contribution in [1.29, 1.82) is 0 Å². The van der Waals surface area contributed by atoms with Crippen molar-refractivity contribution in [2.45, 2.75) is 17.5 Å². The minimum Gasteiger partial charge on any atom is -0.379 e. The maximum atomic E-state index is 13.2. The number of hydrazone groups is 1. The van der Waals surface area contributed by atoms with Gasteiger partial charge < -0.3 is 4.18 Å². The first-order valence-corrected chi connectivity index (χ1v) is 11.6. The molecule has 0 aliphatic rings. The third kappa shape index (κ3) is 6.72. The highest BCUT2D eigenvalue weighted by molar-refractivity contribution is 7.87. The van der Waals surface area contributed by atoms with Crippen LogP contribution in [0.3, 0.4) is 0 Å². The minimum atomic E-state index is -4.73. The number of halogens is 5. The van der Waals surface area contributed by atoms with Gasteiger partial charge in [-0.1, -0.05) is 47.5 Å². The summed E-state index contributed by atoms with van der Waals surface area (Å²) in [6.07, 6.45) is -4.09. The Morgan fingerprint density at radius 2 is 1.71 bits per heavy atom. The Labute approximate surface area is 203 Å². The molecule has 0 atom stereocenters. The first kappa shape index (κ1) is 25.5. The molecule has 0 fully saturated rings. The minimum absolute atomic E-state index is 0.0276. The van der Waals surface area contributed by atoms with Crippen LogP contribution in [0.4, 0.5) is 13.2 Å². The number of nitrogens with one attached hydrogen (secondary N) is 1. The highest BCUT2D eigenvalue weighted by Gasteiger charge is 2.32. The number of carbonyl (C=O) groups excluding carboxylic acids is 1. The Balaban J connectivity index is 1.85. The summed E-state index contributed by atoms with van der Waals surface area (Å²) in [5.74, 6) is -0.647. The normalized spacial score (nSPS) is 12.0. The number of carbonyl (C=O) groups is 1. The molecule has 6 nitrogen and oxygen atoms in total. The quantitative estimate of drug-likeness (QED) is 0.249. The molecular weight excluding hydrogens is 516 g/mol. The number of amides is 1. The Hall–Kier alpha value is -3.08. The van der Waals surface area contributed by atoms with E-state index in [4.69, 9.17) is 27.4 Å². The molecule has 12 heteroatoms. The summed E-state index contributed by atoms with van der Waals surface area (Å²) in [6, 6.07) is 14.0. The van der Waals surface area contributed by atoms with Crippen LogP contribution in [-0.2, 0) is 27.5 Å². The van der Waals surface area contributed by atoms with Crippen molar-refractivity contribution in [3.05, 3.63) is 93.5 Å². The van der Waals surface area contributed by atoms with E-state index in [1.807, 2.05) is 0 Å². The highest BCUT2D eigenvalue weighted by Crippen LogP contribution is 2.32. The SMILES string of the molecule is O=C(Cc1ccc(Cl)c(Cl)c1)N/N=C/c1cc(C(F)(F)F)ccc1S(=O)(=O)Oc1ccccc1. The molecule has 34 heavy (non-hydrogen) atoms. The predicted octanol–water partition coefficient (Wildman–Crippen LogP) is 5.47. The van der Waals surface area contributed by atoms with Gasteiger partial charge in [0.2, 0.25) is 5.91 Å². The standard InChI is InChI=1S/C22H15Cl2F3N2O4S/c23-18-8-6-14(10-19(18)24)11-21(30)29-28-13-15-12-16(22(25,26)27)7-9-20(15)34(31,32)33-17-4-2-1-3-5-17/h1-10,12-13H,11H2,(H,29,30)/b28-13+. The van der Waals surface area contributed by atoms with Crippen LogP contribution >= 0.6 is 23.2 Å². The van der Waals surface area contributed by atoms with E-state index in [0.717, 1.165) is 12.3 Å². The van der Waals surface area contributed by atoms with Gasteiger partial charge in [0.05, 0.1) is 28.2 Å². The van der Waals surface area contributed by atoms with Gasteiger partial charge in [-0.2, -0.15) is 26.7 Å². The molecule has 0 unspecified atom stereocenters. The van der Waals surface area contributed by atoms with Gasteiger partial charge in [0.15, 0.2) is 0 Å². The molecule has 0 radical (unpaired) electrons. The van der Waals surface area contributed by atoms with Gasteiger partial charge in [-0.05, 0) is 48.0 Å². The predicted molar refractivity (Wildman–Crippen MR) is 122 cm³/mol. The number of rotatable bonds is 7. The zero-order chi connectivity index (χ0) is 24.9. The van der Waals surface area contributed by atoms with E-state index < -0.39 is 38.2 Å². The van der Waals surface area contributed by atoms with E-state index in [2.05, 4.69) is 10.5 Å². The Bertz CT molecular complexity index is 1330. The number of hydrogen-bond donors (Lipinski definition) is 1. The fourth-order valence-corrected chi connectivity index (χ4v) is 4.16. The molecule has 1 N–H and O–H groups in total. The molecule has 0 aliphatic carbocycles. The van der Waals surface area contributed by atoms with E-state index in [9.17, 15) is 26.4 Å². The molecule has 178 valence electrons. The van der Waals surface area contributed by atoms with E-state index in [1.54, 1.807) is 12.1 Å². The average Bonchev–Trinajstić information content (AvgIpc) is 2.76. The van der Waals surface area contributed by atoms with Crippen molar-refractivity contribution >= 4 is 45.4 Å². The molecule has 3 aromatic rings. The van der Waals surface area contributed by atoms with Gasteiger partial charge in [-0.15, -0.1) is 0 Å². The van der Waals surface area contributed by atoms with Crippen LogP contribution in [0.2, 0.25) is 10.0 Å². The van der Waals surface area contributed by atoms with Gasteiger partial charge in [-0.25, -0.2) is 5.43 Å². The molecule has 1 amide bonds. The first-order valence-electron chi connectivity index (χ1n) is 9.42. The second-order valence-corrected chi connectivity index (χ2v) is 9.15. The zero-order valence-corrected chi connectivity index (χ0v) is 19.3. The van der Waals surface area contributed by atoms with Gasteiger partial charge in [0, 0.05) is 5.56 Å². The third-order valence-electron chi connectivity index (χ3n) is 4.30. The lowest BCUT2D eigenvalue weighted by Gasteiger charge is -2.12. The maximum Gasteiger partial charge on any atom is 0.416 e. The largest absolute Gasteiger partial charge is 0.416 e. The lowest BCUT2D eigenvalue weighted by Crippen LogP contribution is -2.20. The fourth-order valence-electron chi connectivity index (χ4n) is 2.75. The molecule has 3 rings (SSSR count). The summed E-state index contributed by atoms with van der Waals surface area (Å²) in [5.41, 5.74) is 1.12. The van der Waals surface area contributed by atoms with Crippen LogP contribution in [0, 0.1) is 0 Å². The molecule has 0 spiro atoms. The van der Waals surface area contributed by atoms with Crippen LogP contribution in [0.25, 0.3) is 0 Å². The third-order valence-corrected chi connectivity index (χ3v) is 6.36. The summed E-state index contributed by atoms with van der Waals surface area (Å²) in [5, 5.41) is 4.16. The Morgan fingerprint density at radius 1 is 1.00 bits per heavy atom. The summed E-state index contributed by atoms with van der Waals surface area (Å²) >= 11 is 11.7. The average molecular weight is 531 g/mol. The van der Waals surface area contributed by atoms with Gasteiger partial charge in [-0.3, -0.25) is 4.79 Å². The molecule has 0 saturated heterocycles. The molecule has 0 aromatic heterocycles. The van der Waals surface area contributed by atoms with Crippen molar-refractivity contribution < 1.29 is 30.6 Å². The maximum absolute atomic E-state index is 13.2. The Morgan fingerprint density at radius 3 is 2.35 bits per heavy atom. The number of para-hydroxylation sites is 1. The van der Waals surface area contributed by atoms with Crippen molar-refractivity contribution in [1.82, 2.24) is 5.43 Å². The lowest BCUT2D eigenvalue weighted by molar-refractivity contribution is -0.137. The van der Waals surface area contributed by atoms with Crippen LogP contribution in [0.15, 0.2) is 76.7 Å². The zero-order valence-electron chi connectivity index (χ0n) is 17.0. The fraction of sp³-hybridized carbons (Fsp3) is 0.0909. The van der Waals surface area contributed by atoms with E-state index in [1.165, 1.54) is 36.4 Å². The van der Waals surface area contributed by atoms with Crippen molar-refractivity contribution in [3.63, 3.8) is 0 Å². The Kier molecular flexibility index (Phi) is 7.86.